The summed E-state index contributed by atoms with van der Waals surface area (Å²) in [7, 11) is 1.52. The van der Waals surface area contributed by atoms with Crippen LogP contribution in [0.15, 0.2) is 42.5 Å². The van der Waals surface area contributed by atoms with Crippen LogP contribution in [-0.4, -0.2) is 36.9 Å². The van der Waals surface area contributed by atoms with E-state index in [1.165, 1.54) is 7.11 Å². The van der Waals surface area contributed by atoms with Crippen LogP contribution < -0.4 is 10.1 Å². The van der Waals surface area contributed by atoms with Crippen LogP contribution in [0, 0.1) is 0 Å². The number of hydrogen-bond acceptors (Lipinski definition) is 3. The van der Waals surface area contributed by atoms with Crippen molar-refractivity contribution < 1.29 is 14.3 Å². The Kier molecular flexibility index (Phi) is 5.24. The minimum Gasteiger partial charge on any atom is -0.495 e. The standard InChI is InChI=1S/C19H19ClN2O3/c1-25-17-8-7-15(20)12-16(17)21-18(23)13-5-4-6-14(11-13)19(24)22-9-2-3-10-22/h4-8,11-12H,2-3,9-10H2,1H3,(H,21,23). The van der Waals surface area contributed by atoms with Crippen LogP contribution in [-0.2, 0) is 0 Å². The predicted molar refractivity (Wildman–Crippen MR) is 97.5 cm³/mol. The molecule has 0 bridgehead atoms. The van der Waals surface area contributed by atoms with Crippen molar-refractivity contribution in [2.24, 2.45) is 0 Å². The van der Waals surface area contributed by atoms with Crippen molar-refractivity contribution in [3.8, 4) is 5.75 Å². The smallest absolute Gasteiger partial charge is 0.255 e. The Labute approximate surface area is 151 Å². The summed E-state index contributed by atoms with van der Waals surface area (Å²) in [5.41, 5.74) is 1.41. The van der Waals surface area contributed by atoms with Gasteiger partial charge in [0.2, 0.25) is 0 Å². The Morgan fingerprint density at radius 3 is 2.52 bits per heavy atom. The summed E-state index contributed by atoms with van der Waals surface area (Å²) in [5.74, 6) is 0.158. The molecule has 1 fully saturated rings. The second-order valence-electron chi connectivity index (χ2n) is 5.88. The molecule has 2 amide bonds. The molecule has 1 aliphatic heterocycles. The molecule has 2 aromatic carbocycles. The largest absolute Gasteiger partial charge is 0.495 e. The highest BCUT2D eigenvalue weighted by atomic mass is 35.5. The first-order valence-electron chi connectivity index (χ1n) is 8.13. The van der Waals surface area contributed by atoms with Crippen molar-refractivity contribution in [3.63, 3.8) is 0 Å². The molecule has 6 heteroatoms. The van der Waals surface area contributed by atoms with Crippen molar-refractivity contribution in [1.29, 1.82) is 0 Å². The number of methoxy groups -OCH3 is 1. The molecule has 0 saturated carbocycles. The summed E-state index contributed by atoms with van der Waals surface area (Å²) >= 11 is 5.99. The van der Waals surface area contributed by atoms with E-state index in [0.717, 1.165) is 25.9 Å². The van der Waals surface area contributed by atoms with Gasteiger partial charge in [-0.3, -0.25) is 9.59 Å². The Hall–Kier alpha value is -2.53. The summed E-state index contributed by atoms with van der Waals surface area (Å²) in [6.45, 7) is 1.55. The first-order valence-corrected chi connectivity index (χ1v) is 8.50. The zero-order valence-electron chi connectivity index (χ0n) is 13.9. The lowest BCUT2D eigenvalue weighted by molar-refractivity contribution is 0.0793. The Bertz CT molecular complexity index is 801. The second kappa shape index (κ2) is 7.57. The van der Waals surface area contributed by atoms with Gasteiger partial charge in [0.1, 0.15) is 5.75 Å². The number of amides is 2. The molecule has 25 heavy (non-hydrogen) atoms. The molecule has 0 atom stereocenters. The van der Waals surface area contributed by atoms with E-state index in [1.54, 1.807) is 42.5 Å². The van der Waals surface area contributed by atoms with Gasteiger partial charge < -0.3 is 15.0 Å². The number of benzene rings is 2. The fourth-order valence-electron chi connectivity index (χ4n) is 2.87. The average Bonchev–Trinajstić information content (AvgIpc) is 3.16. The number of hydrogen-bond donors (Lipinski definition) is 1. The summed E-state index contributed by atoms with van der Waals surface area (Å²) in [4.78, 5) is 26.9. The van der Waals surface area contributed by atoms with E-state index in [9.17, 15) is 9.59 Å². The fourth-order valence-corrected chi connectivity index (χ4v) is 3.04. The van der Waals surface area contributed by atoms with Crippen molar-refractivity contribution in [2.75, 3.05) is 25.5 Å². The van der Waals surface area contributed by atoms with Gasteiger partial charge in [0.25, 0.3) is 11.8 Å². The first kappa shape index (κ1) is 17.3. The van der Waals surface area contributed by atoms with E-state index < -0.39 is 0 Å². The van der Waals surface area contributed by atoms with Crippen LogP contribution >= 0.6 is 11.6 Å². The molecule has 1 saturated heterocycles. The Balaban J connectivity index is 1.80. The molecule has 1 heterocycles. The molecule has 3 rings (SSSR count). The maximum Gasteiger partial charge on any atom is 0.255 e. The number of ether oxygens (including phenoxy) is 1. The Morgan fingerprint density at radius 1 is 1.08 bits per heavy atom. The van der Waals surface area contributed by atoms with Crippen LogP contribution in [0.25, 0.3) is 0 Å². The minimum absolute atomic E-state index is 0.0347. The molecule has 0 radical (unpaired) electrons. The molecule has 2 aromatic rings. The zero-order valence-corrected chi connectivity index (χ0v) is 14.7. The number of likely N-dealkylation sites (tertiary alicyclic amines) is 1. The van der Waals surface area contributed by atoms with Gasteiger partial charge >= 0.3 is 0 Å². The van der Waals surface area contributed by atoms with Crippen LogP contribution in [0.5, 0.6) is 5.75 Å². The predicted octanol–water partition coefficient (Wildman–Crippen LogP) is 3.84. The third-order valence-electron chi connectivity index (χ3n) is 4.17. The molecule has 1 N–H and O–H groups in total. The summed E-state index contributed by atoms with van der Waals surface area (Å²) < 4.78 is 5.23. The molecule has 0 aliphatic carbocycles. The molecule has 0 spiro atoms. The van der Waals surface area contributed by atoms with Gasteiger partial charge in [0.15, 0.2) is 0 Å². The number of carbonyl (C=O) groups is 2. The number of anilines is 1. The van der Waals surface area contributed by atoms with E-state index in [2.05, 4.69) is 5.32 Å². The number of nitrogens with zero attached hydrogens (tertiary/aromatic N) is 1. The summed E-state index contributed by atoms with van der Waals surface area (Å²) in [6, 6.07) is 11.7. The molecule has 5 nitrogen and oxygen atoms in total. The zero-order chi connectivity index (χ0) is 17.8. The first-order chi connectivity index (χ1) is 12.1. The van der Waals surface area contributed by atoms with Gasteiger partial charge in [-0.05, 0) is 49.2 Å². The van der Waals surface area contributed by atoms with Crippen LogP contribution in [0.3, 0.4) is 0 Å². The monoisotopic (exact) mass is 358 g/mol. The molecular weight excluding hydrogens is 340 g/mol. The number of halogens is 1. The van der Waals surface area contributed by atoms with Gasteiger partial charge in [0, 0.05) is 29.2 Å². The maximum atomic E-state index is 12.6. The van der Waals surface area contributed by atoms with E-state index in [4.69, 9.17) is 16.3 Å². The van der Waals surface area contributed by atoms with Crippen LogP contribution in [0.2, 0.25) is 5.02 Å². The third-order valence-corrected chi connectivity index (χ3v) is 4.41. The van der Waals surface area contributed by atoms with Crippen molar-refractivity contribution in [3.05, 3.63) is 58.6 Å². The highest BCUT2D eigenvalue weighted by Gasteiger charge is 2.20. The highest BCUT2D eigenvalue weighted by Crippen LogP contribution is 2.28. The van der Waals surface area contributed by atoms with Crippen molar-refractivity contribution in [2.45, 2.75) is 12.8 Å². The Morgan fingerprint density at radius 2 is 1.80 bits per heavy atom. The second-order valence-corrected chi connectivity index (χ2v) is 6.32. The topological polar surface area (TPSA) is 58.6 Å². The van der Waals surface area contributed by atoms with E-state index in [-0.39, 0.29) is 11.8 Å². The van der Waals surface area contributed by atoms with E-state index >= 15 is 0 Å². The van der Waals surface area contributed by atoms with Gasteiger partial charge in [-0.15, -0.1) is 0 Å². The summed E-state index contributed by atoms with van der Waals surface area (Å²) in [5, 5.41) is 3.28. The van der Waals surface area contributed by atoms with Crippen LogP contribution in [0.4, 0.5) is 5.69 Å². The van der Waals surface area contributed by atoms with E-state index in [1.807, 2.05) is 4.90 Å². The number of nitrogens with one attached hydrogen (secondary N) is 1. The quantitative estimate of drug-likeness (QED) is 0.903. The average molecular weight is 359 g/mol. The molecular formula is C19H19ClN2O3. The third kappa shape index (κ3) is 3.94. The lowest BCUT2D eigenvalue weighted by Crippen LogP contribution is -2.27. The lowest BCUT2D eigenvalue weighted by atomic mass is 10.1. The molecule has 1 aliphatic rings. The molecule has 0 unspecified atom stereocenters. The lowest BCUT2D eigenvalue weighted by Gasteiger charge is -2.16. The summed E-state index contributed by atoms with van der Waals surface area (Å²) in [6.07, 6.45) is 2.06. The minimum atomic E-state index is -0.323. The van der Waals surface area contributed by atoms with E-state index in [0.29, 0.717) is 27.6 Å². The number of carbonyl (C=O) groups excluding carboxylic acids is 2. The van der Waals surface area contributed by atoms with Gasteiger partial charge in [-0.2, -0.15) is 0 Å². The fraction of sp³-hybridized carbons (Fsp3) is 0.263. The highest BCUT2D eigenvalue weighted by molar-refractivity contribution is 6.31. The molecule has 0 aromatic heterocycles. The normalized spacial score (nSPS) is 13.6. The molecule has 130 valence electrons. The van der Waals surface area contributed by atoms with Crippen LogP contribution in [0.1, 0.15) is 33.6 Å². The van der Waals surface area contributed by atoms with Gasteiger partial charge in [-0.1, -0.05) is 17.7 Å². The SMILES string of the molecule is COc1ccc(Cl)cc1NC(=O)c1cccc(C(=O)N2CCCC2)c1. The van der Waals surface area contributed by atoms with Gasteiger partial charge in [-0.25, -0.2) is 0 Å². The number of rotatable bonds is 4. The van der Waals surface area contributed by atoms with Crippen molar-refractivity contribution in [1.82, 2.24) is 4.90 Å². The van der Waals surface area contributed by atoms with Crippen molar-refractivity contribution >= 4 is 29.1 Å². The van der Waals surface area contributed by atoms with Gasteiger partial charge in [0.05, 0.1) is 12.8 Å². The maximum absolute atomic E-state index is 12.6.